The number of likely N-dealkylation sites (tertiary alicyclic amines) is 1. The molecule has 1 aliphatic heterocycles. The number of nitrogens with zero attached hydrogens (tertiary/aromatic N) is 4. The Bertz CT molecular complexity index is 632. The monoisotopic (exact) mass is 326 g/mol. The number of fused-ring (bicyclic) bond motifs is 1. The van der Waals surface area contributed by atoms with Crippen molar-refractivity contribution in [3.63, 3.8) is 0 Å². The lowest BCUT2D eigenvalue weighted by molar-refractivity contribution is 0.235. The van der Waals surface area contributed by atoms with Gasteiger partial charge in [-0.25, -0.2) is 9.97 Å². The number of hydrogen-bond acceptors (Lipinski definition) is 3. The van der Waals surface area contributed by atoms with E-state index in [1.807, 2.05) is 13.0 Å². The Morgan fingerprint density at radius 3 is 2.67 bits per heavy atom. The lowest BCUT2D eigenvalue weighted by Crippen LogP contribution is -2.34. The maximum Gasteiger partial charge on any atom is 0.160 e. The second kappa shape index (κ2) is 6.11. The van der Waals surface area contributed by atoms with Gasteiger partial charge in [0.15, 0.2) is 5.65 Å². The predicted molar refractivity (Wildman–Crippen MR) is 87.1 cm³/mol. The molecule has 1 saturated heterocycles. The first-order valence-corrected chi connectivity index (χ1v) is 8.27. The molecule has 0 bridgehead atoms. The van der Waals surface area contributed by atoms with E-state index in [1.165, 1.54) is 25.9 Å². The van der Waals surface area contributed by atoms with Crippen LogP contribution in [0.5, 0.6) is 0 Å². The van der Waals surface area contributed by atoms with Crippen molar-refractivity contribution in [2.24, 2.45) is 0 Å². The summed E-state index contributed by atoms with van der Waals surface area (Å²) in [6, 6.07) is 2.31. The highest BCUT2D eigenvalue weighted by Gasteiger charge is 2.22. The first-order valence-electron chi connectivity index (χ1n) is 7.46. The van der Waals surface area contributed by atoms with Gasteiger partial charge in [0.1, 0.15) is 11.3 Å². The molecule has 1 fully saturated rings. The zero-order chi connectivity index (χ0) is 15.0. The van der Waals surface area contributed by atoms with Crippen LogP contribution >= 0.6 is 23.2 Å². The minimum atomic E-state index is -0.149. The van der Waals surface area contributed by atoms with Gasteiger partial charge in [-0.15, -0.1) is 11.6 Å². The lowest BCUT2D eigenvalue weighted by atomic mass is 10.3. The number of aromatic nitrogens is 3. The number of alkyl halides is 1. The highest BCUT2D eigenvalue weighted by Crippen LogP contribution is 2.26. The molecule has 3 rings (SSSR count). The van der Waals surface area contributed by atoms with Gasteiger partial charge in [0, 0.05) is 18.8 Å². The van der Waals surface area contributed by atoms with Crippen LogP contribution in [0.15, 0.2) is 12.3 Å². The largest absolute Gasteiger partial charge is 0.310 e. The van der Waals surface area contributed by atoms with Crippen molar-refractivity contribution in [2.75, 3.05) is 13.1 Å². The Hall–Kier alpha value is -0.840. The Morgan fingerprint density at radius 1 is 1.29 bits per heavy atom. The van der Waals surface area contributed by atoms with Gasteiger partial charge >= 0.3 is 0 Å². The summed E-state index contributed by atoms with van der Waals surface area (Å²) in [4.78, 5) is 11.6. The van der Waals surface area contributed by atoms with E-state index in [0.717, 1.165) is 23.5 Å². The summed E-state index contributed by atoms with van der Waals surface area (Å²) in [5.41, 5.74) is 1.69. The molecule has 0 radical (unpaired) electrons. The van der Waals surface area contributed by atoms with Crippen LogP contribution in [-0.2, 0) is 6.54 Å². The van der Waals surface area contributed by atoms with Gasteiger partial charge in [0.25, 0.3) is 0 Å². The van der Waals surface area contributed by atoms with Crippen LogP contribution in [0.25, 0.3) is 11.2 Å². The topological polar surface area (TPSA) is 34.0 Å². The molecule has 2 atom stereocenters. The SMILES string of the molecule is CC(Cl)c1nc2cc(Cl)cnc2n1CC(C)N1CCCC1. The fourth-order valence-corrected chi connectivity index (χ4v) is 3.37. The van der Waals surface area contributed by atoms with Crippen LogP contribution in [0.2, 0.25) is 5.02 Å². The standard InChI is InChI=1S/C15H20Cl2N4/c1-10(20-5-3-4-6-20)9-21-14(11(2)16)19-13-7-12(17)8-18-15(13)21/h7-8,10-11H,3-6,9H2,1-2H3. The normalized spacial score (nSPS) is 19.2. The summed E-state index contributed by atoms with van der Waals surface area (Å²) < 4.78 is 2.15. The zero-order valence-corrected chi connectivity index (χ0v) is 13.9. The van der Waals surface area contributed by atoms with Gasteiger partial charge in [-0.05, 0) is 45.8 Å². The highest BCUT2D eigenvalue weighted by atomic mass is 35.5. The third kappa shape index (κ3) is 3.03. The van der Waals surface area contributed by atoms with Crippen LogP contribution in [0.1, 0.15) is 37.9 Å². The lowest BCUT2D eigenvalue weighted by Gasteiger charge is -2.25. The molecule has 3 heterocycles. The molecular formula is C15H20Cl2N4. The third-order valence-electron chi connectivity index (χ3n) is 4.15. The predicted octanol–water partition coefficient (Wildman–Crippen LogP) is 3.87. The molecule has 0 amide bonds. The molecule has 1 aliphatic rings. The Kier molecular flexibility index (Phi) is 4.38. The van der Waals surface area contributed by atoms with E-state index < -0.39 is 0 Å². The number of hydrogen-bond donors (Lipinski definition) is 0. The Balaban J connectivity index is 1.96. The number of rotatable bonds is 4. The average molecular weight is 327 g/mol. The van der Waals surface area contributed by atoms with Crippen LogP contribution in [-0.4, -0.2) is 38.6 Å². The fourth-order valence-electron chi connectivity index (χ4n) is 3.05. The summed E-state index contributed by atoms with van der Waals surface area (Å²) in [6.45, 7) is 7.42. The fraction of sp³-hybridized carbons (Fsp3) is 0.600. The Labute approximate surface area is 135 Å². The number of halogens is 2. The Morgan fingerprint density at radius 2 is 2.00 bits per heavy atom. The van der Waals surface area contributed by atoms with E-state index in [9.17, 15) is 0 Å². The van der Waals surface area contributed by atoms with Crippen LogP contribution in [0, 0.1) is 0 Å². The van der Waals surface area contributed by atoms with Crippen molar-refractivity contribution in [3.05, 3.63) is 23.1 Å². The van der Waals surface area contributed by atoms with E-state index in [-0.39, 0.29) is 5.38 Å². The van der Waals surface area contributed by atoms with Crippen molar-refractivity contribution in [3.8, 4) is 0 Å². The van der Waals surface area contributed by atoms with Gasteiger partial charge in [-0.1, -0.05) is 11.6 Å². The first kappa shape index (κ1) is 15.1. The molecule has 2 aromatic rings. The summed E-state index contributed by atoms with van der Waals surface area (Å²) >= 11 is 12.3. The van der Waals surface area contributed by atoms with E-state index in [2.05, 4.69) is 26.4 Å². The third-order valence-corrected chi connectivity index (χ3v) is 4.55. The highest BCUT2D eigenvalue weighted by molar-refractivity contribution is 6.31. The average Bonchev–Trinajstić information content (AvgIpc) is 3.06. The van der Waals surface area contributed by atoms with Gasteiger partial charge in [-0.2, -0.15) is 0 Å². The summed E-state index contributed by atoms with van der Waals surface area (Å²) in [5.74, 6) is 0.868. The minimum Gasteiger partial charge on any atom is -0.310 e. The van der Waals surface area contributed by atoms with E-state index in [1.54, 1.807) is 6.20 Å². The minimum absolute atomic E-state index is 0.149. The summed E-state index contributed by atoms with van der Waals surface area (Å²) in [7, 11) is 0. The molecule has 0 aliphatic carbocycles. The van der Waals surface area contributed by atoms with Gasteiger partial charge in [0.2, 0.25) is 0 Å². The summed E-state index contributed by atoms with van der Waals surface area (Å²) in [5, 5.41) is 0.456. The van der Waals surface area contributed by atoms with Crippen molar-refractivity contribution in [2.45, 2.75) is 44.7 Å². The molecule has 4 nitrogen and oxygen atoms in total. The molecule has 21 heavy (non-hydrogen) atoms. The first-order chi connectivity index (χ1) is 10.1. The molecule has 0 aromatic carbocycles. The molecule has 6 heteroatoms. The molecular weight excluding hydrogens is 307 g/mol. The molecule has 0 spiro atoms. The smallest absolute Gasteiger partial charge is 0.160 e. The van der Waals surface area contributed by atoms with E-state index in [4.69, 9.17) is 23.2 Å². The second-order valence-electron chi connectivity index (χ2n) is 5.78. The van der Waals surface area contributed by atoms with E-state index >= 15 is 0 Å². The number of pyridine rings is 1. The van der Waals surface area contributed by atoms with Crippen molar-refractivity contribution in [1.29, 1.82) is 0 Å². The van der Waals surface area contributed by atoms with Gasteiger partial charge in [-0.3, -0.25) is 4.90 Å². The van der Waals surface area contributed by atoms with Crippen molar-refractivity contribution in [1.82, 2.24) is 19.4 Å². The zero-order valence-electron chi connectivity index (χ0n) is 12.4. The van der Waals surface area contributed by atoms with Crippen molar-refractivity contribution < 1.29 is 0 Å². The van der Waals surface area contributed by atoms with Crippen LogP contribution in [0.3, 0.4) is 0 Å². The molecule has 0 N–H and O–H groups in total. The molecule has 114 valence electrons. The van der Waals surface area contributed by atoms with Crippen molar-refractivity contribution >= 4 is 34.4 Å². The summed E-state index contributed by atoms with van der Waals surface area (Å²) in [6.07, 6.45) is 4.26. The quantitative estimate of drug-likeness (QED) is 0.800. The molecule has 0 saturated carbocycles. The second-order valence-corrected chi connectivity index (χ2v) is 6.88. The molecule has 2 aromatic heterocycles. The van der Waals surface area contributed by atoms with E-state index in [0.29, 0.717) is 11.1 Å². The maximum atomic E-state index is 6.30. The van der Waals surface area contributed by atoms with Gasteiger partial charge in [0.05, 0.1) is 10.4 Å². The van der Waals surface area contributed by atoms with Gasteiger partial charge < -0.3 is 4.57 Å². The number of imidazole rings is 1. The van der Waals surface area contributed by atoms with Crippen LogP contribution in [0.4, 0.5) is 0 Å². The maximum absolute atomic E-state index is 6.30. The molecule has 2 unspecified atom stereocenters. The van der Waals surface area contributed by atoms with Crippen LogP contribution < -0.4 is 0 Å².